The van der Waals surface area contributed by atoms with E-state index in [0.717, 1.165) is 11.3 Å². The number of rotatable bonds is 5. The number of aromatic nitrogens is 1. The van der Waals surface area contributed by atoms with Crippen LogP contribution in [0, 0.1) is 6.92 Å². The highest BCUT2D eigenvalue weighted by Crippen LogP contribution is 2.20. The van der Waals surface area contributed by atoms with Crippen LogP contribution in [0.25, 0.3) is 0 Å². The maximum atomic E-state index is 9.49. The zero-order chi connectivity index (χ0) is 12.8. The first-order valence-electron chi connectivity index (χ1n) is 6.00. The Morgan fingerprint density at radius 1 is 1.22 bits per heavy atom. The Morgan fingerprint density at radius 3 is 2.72 bits per heavy atom. The van der Waals surface area contributed by atoms with Crippen LogP contribution in [-0.4, -0.2) is 23.3 Å². The molecule has 0 radical (unpaired) electrons. The molecular formula is C15H17NO2. The third-order valence-electron chi connectivity index (χ3n) is 2.93. The van der Waals surface area contributed by atoms with Crippen molar-refractivity contribution in [3.05, 3.63) is 59.9 Å². The number of nitrogens with zero attached hydrogens (tertiary/aromatic N) is 1. The SMILES string of the molecule is Cc1ccccc1C(CO)COc1cccnc1. The van der Waals surface area contributed by atoms with E-state index in [4.69, 9.17) is 4.74 Å². The lowest BCUT2D eigenvalue weighted by molar-refractivity contribution is 0.204. The molecule has 0 saturated carbocycles. The van der Waals surface area contributed by atoms with Gasteiger partial charge in [0.05, 0.1) is 19.4 Å². The van der Waals surface area contributed by atoms with Crippen LogP contribution >= 0.6 is 0 Å². The van der Waals surface area contributed by atoms with Gasteiger partial charge in [-0.3, -0.25) is 4.98 Å². The number of benzene rings is 1. The van der Waals surface area contributed by atoms with Crippen molar-refractivity contribution in [3.63, 3.8) is 0 Å². The third kappa shape index (κ3) is 3.08. The Morgan fingerprint density at radius 2 is 2.06 bits per heavy atom. The van der Waals surface area contributed by atoms with Crippen LogP contribution in [0.1, 0.15) is 17.0 Å². The second-order valence-corrected chi connectivity index (χ2v) is 4.24. The molecule has 1 aromatic heterocycles. The molecule has 2 aromatic rings. The van der Waals surface area contributed by atoms with Gasteiger partial charge in [-0.25, -0.2) is 0 Å². The molecule has 0 aliphatic carbocycles. The molecule has 3 nitrogen and oxygen atoms in total. The molecule has 1 heterocycles. The Bertz CT molecular complexity index is 485. The van der Waals surface area contributed by atoms with Gasteiger partial charge in [-0.1, -0.05) is 24.3 Å². The summed E-state index contributed by atoms with van der Waals surface area (Å²) in [7, 11) is 0. The minimum Gasteiger partial charge on any atom is -0.491 e. The quantitative estimate of drug-likeness (QED) is 0.877. The van der Waals surface area contributed by atoms with Crippen molar-refractivity contribution in [1.82, 2.24) is 4.98 Å². The lowest BCUT2D eigenvalue weighted by atomic mass is 9.96. The fraction of sp³-hybridized carbons (Fsp3) is 0.267. The number of aliphatic hydroxyl groups is 1. The molecule has 1 unspecified atom stereocenters. The largest absolute Gasteiger partial charge is 0.491 e. The van der Waals surface area contributed by atoms with E-state index in [1.807, 2.05) is 43.3 Å². The van der Waals surface area contributed by atoms with Crippen LogP contribution in [0.2, 0.25) is 0 Å². The highest BCUT2D eigenvalue weighted by molar-refractivity contribution is 5.29. The van der Waals surface area contributed by atoms with Gasteiger partial charge in [-0.15, -0.1) is 0 Å². The zero-order valence-corrected chi connectivity index (χ0v) is 10.4. The van der Waals surface area contributed by atoms with Gasteiger partial charge in [-0.2, -0.15) is 0 Å². The minimum absolute atomic E-state index is 0.00796. The van der Waals surface area contributed by atoms with E-state index in [2.05, 4.69) is 4.98 Å². The summed E-state index contributed by atoms with van der Waals surface area (Å²) in [6.07, 6.45) is 3.38. The fourth-order valence-corrected chi connectivity index (χ4v) is 1.91. The number of pyridine rings is 1. The summed E-state index contributed by atoms with van der Waals surface area (Å²) in [4.78, 5) is 3.99. The monoisotopic (exact) mass is 243 g/mol. The molecule has 2 rings (SSSR count). The highest BCUT2D eigenvalue weighted by Gasteiger charge is 2.13. The normalized spacial score (nSPS) is 12.1. The van der Waals surface area contributed by atoms with Crippen LogP contribution in [0.5, 0.6) is 5.75 Å². The van der Waals surface area contributed by atoms with Gasteiger partial charge in [0, 0.05) is 12.1 Å². The molecule has 1 N–H and O–H groups in total. The van der Waals surface area contributed by atoms with Crippen LogP contribution in [0.3, 0.4) is 0 Å². The molecule has 1 aromatic carbocycles. The summed E-state index contributed by atoms with van der Waals surface area (Å²) in [6.45, 7) is 2.57. The van der Waals surface area contributed by atoms with Crippen LogP contribution in [0.15, 0.2) is 48.8 Å². The van der Waals surface area contributed by atoms with Crippen molar-refractivity contribution >= 4 is 0 Å². The van der Waals surface area contributed by atoms with Gasteiger partial charge in [0.15, 0.2) is 0 Å². The first-order chi connectivity index (χ1) is 8.81. The summed E-state index contributed by atoms with van der Waals surface area (Å²) in [5.41, 5.74) is 2.30. The van der Waals surface area contributed by atoms with Crippen LogP contribution < -0.4 is 4.74 Å². The predicted octanol–water partition coefficient (Wildman–Crippen LogP) is 2.54. The summed E-state index contributed by atoms with van der Waals surface area (Å²) >= 11 is 0. The van der Waals surface area contributed by atoms with E-state index in [9.17, 15) is 5.11 Å². The molecule has 0 aliphatic rings. The van der Waals surface area contributed by atoms with E-state index < -0.39 is 0 Å². The lowest BCUT2D eigenvalue weighted by Gasteiger charge is -2.17. The summed E-state index contributed by atoms with van der Waals surface area (Å²) in [5, 5.41) is 9.49. The molecule has 0 bridgehead atoms. The average Bonchev–Trinajstić information content (AvgIpc) is 2.42. The summed E-state index contributed by atoms with van der Waals surface area (Å²) in [5.74, 6) is 0.718. The maximum Gasteiger partial charge on any atom is 0.137 e. The van der Waals surface area contributed by atoms with Gasteiger partial charge in [0.1, 0.15) is 5.75 Å². The predicted molar refractivity (Wildman–Crippen MR) is 70.7 cm³/mol. The molecule has 18 heavy (non-hydrogen) atoms. The van der Waals surface area contributed by atoms with Gasteiger partial charge in [-0.05, 0) is 30.2 Å². The molecule has 0 amide bonds. The number of aryl methyl sites for hydroxylation is 1. The van der Waals surface area contributed by atoms with Crippen molar-refractivity contribution in [1.29, 1.82) is 0 Å². The zero-order valence-electron chi connectivity index (χ0n) is 10.4. The average molecular weight is 243 g/mol. The maximum absolute atomic E-state index is 9.49. The third-order valence-corrected chi connectivity index (χ3v) is 2.93. The second-order valence-electron chi connectivity index (χ2n) is 4.24. The molecule has 1 atom stereocenters. The minimum atomic E-state index is -0.00796. The van der Waals surface area contributed by atoms with Crippen molar-refractivity contribution < 1.29 is 9.84 Å². The van der Waals surface area contributed by atoms with E-state index in [1.54, 1.807) is 12.4 Å². The molecule has 3 heteroatoms. The topological polar surface area (TPSA) is 42.4 Å². The lowest BCUT2D eigenvalue weighted by Crippen LogP contribution is -2.15. The number of ether oxygens (including phenoxy) is 1. The van der Waals surface area contributed by atoms with Gasteiger partial charge in [0.25, 0.3) is 0 Å². The first kappa shape index (κ1) is 12.6. The standard InChI is InChI=1S/C15H17NO2/c1-12-5-2-3-7-15(12)13(10-17)11-18-14-6-4-8-16-9-14/h2-9,13,17H,10-11H2,1H3. The number of hydrogen-bond donors (Lipinski definition) is 1. The smallest absolute Gasteiger partial charge is 0.137 e. The molecule has 0 spiro atoms. The first-order valence-corrected chi connectivity index (χ1v) is 6.00. The molecule has 94 valence electrons. The Balaban J connectivity index is 2.04. The van der Waals surface area contributed by atoms with E-state index >= 15 is 0 Å². The van der Waals surface area contributed by atoms with Gasteiger partial charge >= 0.3 is 0 Å². The van der Waals surface area contributed by atoms with Crippen LogP contribution in [0.4, 0.5) is 0 Å². The fourth-order valence-electron chi connectivity index (χ4n) is 1.91. The van der Waals surface area contributed by atoms with Crippen molar-refractivity contribution in [3.8, 4) is 5.75 Å². The van der Waals surface area contributed by atoms with E-state index in [-0.39, 0.29) is 12.5 Å². The van der Waals surface area contributed by atoms with E-state index in [1.165, 1.54) is 5.56 Å². The molecule has 0 aliphatic heterocycles. The Hall–Kier alpha value is -1.87. The van der Waals surface area contributed by atoms with Crippen molar-refractivity contribution in [2.75, 3.05) is 13.2 Å². The summed E-state index contributed by atoms with van der Waals surface area (Å²) < 4.78 is 5.65. The Kier molecular flexibility index (Phi) is 4.31. The summed E-state index contributed by atoms with van der Waals surface area (Å²) in [6, 6.07) is 11.7. The molecule has 0 saturated heterocycles. The van der Waals surface area contributed by atoms with Gasteiger partial charge in [0.2, 0.25) is 0 Å². The van der Waals surface area contributed by atoms with Crippen molar-refractivity contribution in [2.45, 2.75) is 12.8 Å². The number of aliphatic hydroxyl groups excluding tert-OH is 1. The molecular weight excluding hydrogens is 226 g/mol. The second kappa shape index (κ2) is 6.17. The van der Waals surface area contributed by atoms with Crippen LogP contribution in [-0.2, 0) is 0 Å². The molecule has 0 fully saturated rings. The highest BCUT2D eigenvalue weighted by atomic mass is 16.5. The number of hydrogen-bond acceptors (Lipinski definition) is 3. The van der Waals surface area contributed by atoms with Gasteiger partial charge < -0.3 is 9.84 Å². The van der Waals surface area contributed by atoms with Crippen molar-refractivity contribution in [2.24, 2.45) is 0 Å². The van der Waals surface area contributed by atoms with E-state index in [0.29, 0.717) is 6.61 Å². The Labute approximate surface area is 107 Å².